The first-order chi connectivity index (χ1) is 27.3. The van der Waals surface area contributed by atoms with Crippen LogP contribution in [0.4, 0.5) is 4.79 Å². The number of amides is 1. The normalized spacial score (nSPS) is 11.6. The Morgan fingerprint density at radius 3 is 1.00 bits per heavy atom. The predicted molar refractivity (Wildman–Crippen MR) is 206 cm³/mol. The van der Waals surface area contributed by atoms with Crippen LogP contribution in [0.1, 0.15) is 31.1 Å². The van der Waals surface area contributed by atoms with Gasteiger partial charge in [0.05, 0.1) is 159 Å². The summed E-state index contributed by atoms with van der Waals surface area (Å²) in [4.78, 5) is 24.0. The number of carbonyl (C=O) groups is 2. The topological polar surface area (TPSA) is 167 Å². The third kappa shape index (κ3) is 35.9. The van der Waals surface area contributed by atoms with E-state index in [2.05, 4.69) is 0 Å². The highest BCUT2D eigenvalue weighted by molar-refractivity contribution is 5.74. The molecule has 1 aromatic rings. The molecule has 1 amide bonds. The summed E-state index contributed by atoms with van der Waals surface area (Å²) in [5.74, 6) is 0.699. The van der Waals surface area contributed by atoms with Gasteiger partial charge in [-0.2, -0.15) is 0 Å². The van der Waals surface area contributed by atoms with Gasteiger partial charge in [0.2, 0.25) is 0 Å². The lowest BCUT2D eigenvalue weighted by atomic mass is 10.2. The maximum absolute atomic E-state index is 11.9. The number of hydrogen-bond donors (Lipinski definition) is 0. The molecule has 0 unspecified atom stereocenters. The Hall–Kier alpha value is -2.52. The quantitative estimate of drug-likeness (QED) is 0.0700. The molecule has 0 aromatic heterocycles. The van der Waals surface area contributed by atoms with Gasteiger partial charge in [-0.3, -0.25) is 4.79 Å². The van der Waals surface area contributed by atoms with Crippen LogP contribution in [0, 0.1) is 0 Å². The number of aldehydes is 1. The van der Waals surface area contributed by atoms with Gasteiger partial charge in [0.15, 0.2) is 0 Å². The molecule has 0 spiro atoms. The van der Waals surface area contributed by atoms with Crippen LogP contribution in [0.5, 0.6) is 5.75 Å². The fourth-order valence-electron chi connectivity index (χ4n) is 4.01. The van der Waals surface area contributed by atoms with Crippen molar-refractivity contribution in [3.05, 3.63) is 29.8 Å². The van der Waals surface area contributed by atoms with Gasteiger partial charge in [0, 0.05) is 19.2 Å². The SMILES string of the molecule is CN(CCOCCOCCOCCOCCOCCOCCOCCOCCOCCOCCOCCOCCOc1ccc(C=O)cc1)C(=O)OC(C)(C)C. The lowest BCUT2D eigenvalue weighted by Crippen LogP contribution is -2.36. The number of likely N-dealkylation sites (N-methyl/N-ethyl adjacent to an activating group) is 1. The molecule has 0 aliphatic heterocycles. The summed E-state index contributed by atoms with van der Waals surface area (Å²) in [6.07, 6.45) is 0.427. The number of rotatable bonds is 41. The summed E-state index contributed by atoms with van der Waals surface area (Å²) in [5, 5.41) is 0. The standard InChI is InChI=1S/C39H69NO16/c1-39(2,3)56-38(42)40(4)9-10-43-11-12-44-13-14-45-15-16-46-17-18-47-19-20-48-21-22-49-23-24-50-25-26-51-27-28-52-29-30-53-31-32-54-33-34-55-37-7-5-36(35-41)6-8-37/h5-8,35H,9-34H2,1-4H3. The van der Waals surface area contributed by atoms with Crippen molar-refractivity contribution in [1.82, 2.24) is 4.90 Å². The monoisotopic (exact) mass is 807 g/mol. The van der Waals surface area contributed by atoms with Crippen molar-refractivity contribution in [2.75, 3.05) is 179 Å². The van der Waals surface area contributed by atoms with Crippen LogP contribution in [-0.2, 0) is 61.6 Å². The van der Waals surface area contributed by atoms with Gasteiger partial charge in [0.1, 0.15) is 24.2 Å². The fraction of sp³-hybridized carbons (Fsp3) is 0.795. The van der Waals surface area contributed by atoms with E-state index in [0.29, 0.717) is 183 Å². The molecule has 0 bridgehead atoms. The first-order valence-electron chi connectivity index (χ1n) is 19.4. The van der Waals surface area contributed by atoms with Crippen LogP contribution >= 0.6 is 0 Å². The van der Waals surface area contributed by atoms with Crippen molar-refractivity contribution in [2.24, 2.45) is 0 Å². The minimum atomic E-state index is -0.515. The van der Waals surface area contributed by atoms with Gasteiger partial charge in [-0.25, -0.2) is 4.79 Å². The van der Waals surface area contributed by atoms with Crippen LogP contribution in [0.15, 0.2) is 24.3 Å². The lowest BCUT2D eigenvalue weighted by molar-refractivity contribution is -0.0287. The third-order valence-corrected chi connectivity index (χ3v) is 6.88. The number of ether oxygens (including phenoxy) is 14. The first-order valence-corrected chi connectivity index (χ1v) is 19.4. The van der Waals surface area contributed by atoms with Crippen LogP contribution in [0.25, 0.3) is 0 Å². The van der Waals surface area contributed by atoms with Crippen LogP contribution in [-0.4, -0.2) is 202 Å². The number of nitrogens with zero attached hydrogens (tertiary/aromatic N) is 1. The highest BCUT2D eigenvalue weighted by atomic mass is 16.6. The van der Waals surface area contributed by atoms with E-state index >= 15 is 0 Å². The highest BCUT2D eigenvalue weighted by Crippen LogP contribution is 2.11. The Morgan fingerprint density at radius 1 is 0.464 bits per heavy atom. The maximum atomic E-state index is 11.9. The van der Waals surface area contributed by atoms with E-state index in [0.717, 1.165) is 6.29 Å². The van der Waals surface area contributed by atoms with E-state index < -0.39 is 5.60 Å². The molecule has 17 nitrogen and oxygen atoms in total. The maximum Gasteiger partial charge on any atom is 0.410 e. The number of hydrogen-bond acceptors (Lipinski definition) is 16. The number of carbonyl (C=O) groups excluding carboxylic acids is 2. The zero-order valence-corrected chi connectivity index (χ0v) is 34.3. The summed E-state index contributed by atoms with van der Waals surface area (Å²) < 4.78 is 76.6. The second-order valence-electron chi connectivity index (χ2n) is 12.8. The van der Waals surface area contributed by atoms with Crippen molar-refractivity contribution < 1.29 is 75.9 Å². The van der Waals surface area contributed by atoms with Crippen LogP contribution < -0.4 is 4.74 Å². The largest absolute Gasteiger partial charge is 0.491 e. The highest BCUT2D eigenvalue weighted by Gasteiger charge is 2.19. The Kier molecular flexibility index (Phi) is 35.0. The molecule has 326 valence electrons. The average molecular weight is 808 g/mol. The molecule has 0 aliphatic rings. The molecule has 1 rings (SSSR count). The summed E-state index contributed by atoms with van der Waals surface area (Å²) in [5.41, 5.74) is 0.0987. The molecule has 0 N–H and O–H groups in total. The van der Waals surface area contributed by atoms with E-state index in [1.807, 2.05) is 20.8 Å². The molecule has 56 heavy (non-hydrogen) atoms. The van der Waals surface area contributed by atoms with Crippen molar-refractivity contribution in [2.45, 2.75) is 26.4 Å². The second-order valence-corrected chi connectivity index (χ2v) is 12.8. The smallest absolute Gasteiger partial charge is 0.410 e. The Labute approximate surface area is 333 Å². The minimum Gasteiger partial charge on any atom is -0.491 e. The van der Waals surface area contributed by atoms with Gasteiger partial charge < -0.3 is 71.2 Å². The fourth-order valence-corrected chi connectivity index (χ4v) is 4.01. The zero-order valence-electron chi connectivity index (χ0n) is 34.3. The Balaban J connectivity index is 1.65. The van der Waals surface area contributed by atoms with Crippen molar-refractivity contribution in [3.8, 4) is 5.75 Å². The van der Waals surface area contributed by atoms with E-state index in [1.54, 1.807) is 31.3 Å². The molecule has 0 radical (unpaired) electrons. The molecule has 17 heteroatoms. The Bertz CT molecular complexity index is 1010. The van der Waals surface area contributed by atoms with Gasteiger partial charge in [-0.05, 0) is 45.0 Å². The lowest BCUT2D eigenvalue weighted by Gasteiger charge is -2.24. The first kappa shape index (κ1) is 51.5. The molecular weight excluding hydrogens is 738 g/mol. The van der Waals surface area contributed by atoms with Gasteiger partial charge in [-0.15, -0.1) is 0 Å². The van der Waals surface area contributed by atoms with Gasteiger partial charge in [-0.1, -0.05) is 0 Å². The summed E-state index contributed by atoms with van der Waals surface area (Å²) in [7, 11) is 1.68. The molecule has 1 aromatic carbocycles. The minimum absolute atomic E-state index is 0.368. The summed E-state index contributed by atoms with van der Waals surface area (Å²) in [6.45, 7) is 17.8. The molecule has 0 saturated carbocycles. The van der Waals surface area contributed by atoms with Crippen LogP contribution in [0.2, 0.25) is 0 Å². The van der Waals surface area contributed by atoms with E-state index in [9.17, 15) is 9.59 Å². The van der Waals surface area contributed by atoms with Gasteiger partial charge in [0.25, 0.3) is 0 Å². The van der Waals surface area contributed by atoms with E-state index in [-0.39, 0.29) is 6.09 Å². The summed E-state index contributed by atoms with van der Waals surface area (Å²) >= 11 is 0. The van der Waals surface area contributed by atoms with Crippen molar-refractivity contribution >= 4 is 12.4 Å². The molecular formula is C39H69NO16. The molecule has 0 heterocycles. The predicted octanol–water partition coefficient (Wildman–Crippen LogP) is 2.94. The third-order valence-electron chi connectivity index (χ3n) is 6.88. The summed E-state index contributed by atoms with van der Waals surface area (Å²) in [6, 6.07) is 6.92. The average Bonchev–Trinajstić information content (AvgIpc) is 3.18. The van der Waals surface area contributed by atoms with Crippen molar-refractivity contribution in [3.63, 3.8) is 0 Å². The molecule has 0 aliphatic carbocycles. The molecule has 0 fully saturated rings. The number of benzene rings is 1. The Morgan fingerprint density at radius 2 is 0.732 bits per heavy atom. The second kappa shape index (κ2) is 38.0. The van der Waals surface area contributed by atoms with E-state index in [4.69, 9.17) is 66.3 Å². The zero-order chi connectivity index (χ0) is 40.6. The molecule has 0 saturated heterocycles. The van der Waals surface area contributed by atoms with Crippen LogP contribution in [0.3, 0.4) is 0 Å². The van der Waals surface area contributed by atoms with Gasteiger partial charge >= 0.3 is 6.09 Å². The molecule has 0 atom stereocenters. The van der Waals surface area contributed by atoms with Crippen molar-refractivity contribution in [1.29, 1.82) is 0 Å². The van der Waals surface area contributed by atoms with E-state index in [1.165, 1.54) is 4.90 Å².